The van der Waals surface area contributed by atoms with Crippen molar-refractivity contribution < 1.29 is 4.74 Å². The largest absolute Gasteiger partial charge is 0.383 e. The molecule has 1 aromatic heterocycles. The zero-order chi connectivity index (χ0) is 15.1. The summed E-state index contributed by atoms with van der Waals surface area (Å²) in [5.74, 6) is 2.54. The molecule has 0 saturated carbocycles. The van der Waals surface area contributed by atoms with Crippen LogP contribution in [0.4, 0.5) is 0 Å². The number of aromatic nitrogens is 3. The number of nitrogens with one attached hydrogen (secondary N) is 2. The zero-order valence-corrected chi connectivity index (χ0v) is 15.7. The van der Waals surface area contributed by atoms with E-state index in [2.05, 4.69) is 38.0 Å². The van der Waals surface area contributed by atoms with Gasteiger partial charge in [-0.15, -0.1) is 34.2 Å². The first-order chi connectivity index (χ1) is 10.2. The van der Waals surface area contributed by atoms with Crippen molar-refractivity contribution in [1.82, 2.24) is 25.4 Å². The fraction of sp³-hybridized carbons (Fsp3) is 0.643. The summed E-state index contributed by atoms with van der Waals surface area (Å²) in [6.07, 6.45) is 6.45. The summed E-state index contributed by atoms with van der Waals surface area (Å²) < 4.78 is 7.02. The van der Waals surface area contributed by atoms with Gasteiger partial charge in [-0.25, -0.2) is 4.99 Å². The van der Waals surface area contributed by atoms with Crippen LogP contribution in [0.1, 0.15) is 24.5 Å². The maximum Gasteiger partial charge on any atom is 0.192 e. The molecular formula is C14H25IN6O. The van der Waals surface area contributed by atoms with Crippen LogP contribution in [-0.4, -0.2) is 47.0 Å². The minimum Gasteiger partial charge on any atom is -0.383 e. The summed E-state index contributed by atoms with van der Waals surface area (Å²) in [6, 6.07) is 0.417. The van der Waals surface area contributed by atoms with E-state index in [-0.39, 0.29) is 24.0 Å². The van der Waals surface area contributed by atoms with Gasteiger partial charge in [0.25, 0.3) is 0 Å². The summed E-state index contributed by atoms with van der Waals surface area (Å²) in [5, 5.41) is 14.9. The van der Waals surface area contributed by atoms with E-state index in [9.17, 15) is 0 Å². The highest BCUT2D eigenvalue weighted by Crippen LogP contribution is 2.08. The van der Waals surface area contributed by atoms with E-state index in [1.54, 1.807) is 7.11 Å². The molecule has 0 bridgehead atoms. The fourth-order valence-electron chi connectivity index (χ4n) is 2.09. The average Bonchev–Trinajstić information content (AvgIpc) is 3.09. The highest BCUT2D eigenvalue weighted by molar-refractivity contribution is 14.0. The van der Waals surface area contributed by atoms with Crippen LogP contribution in [0.25, 0.3) is 0 Å². The molecule has 0 aromatic carbocycles. The number of hydrogen-bond acceptors (Lipinski definition) is 4. The summed E-state index contributed by atoms with van der Waals surface area (Å²) in [4.78, 5) is 4.59. The lowest BCUT2D eigenvalue weighted by molar-refractivity contribution is 0.203. The van der Waals surface area contributed by atoms with Crippen LogP contribution < -0.4 is 10.6 Å². The maximum absolute atomic E-state index is 5.06. The van der Waals surface area contributed by atoms with Crippen molar-refractivity contribution in [2.75, 3.05) is 20.3 Å². The van der Waals surface area contributed by atoms with Gasteiger partial charge in [0.05, 0.1) is 6.61 Å². The van der Waals surface area contributed by atoms with Gasteiger partial charge >= 0.3 is 0 Å². The van der Waals surface area contributed by atoms with Crippen molar-refractivity contribution >= 4 is 29.9 Å². The Morgan fingerprint density at radius 2 is 2.14 bits per heavy atom. The number of aliphatic imine (C=N–C) groups is 1. The highest BCUT2D eigenvalue weighted by atomic mass is 127. The van der Waals surface area contributed by atoms with Gasteiger partial charge in [-0.2, -0.15) is 0 Å². The lowest BCUT2D eigenvalue weighted by Crippen LogP contribution is -2.43. The second kappa shape index (κ2) is 9.78. The molecule has 0 radical (unpaired) electrons. The van der Waals surface area contributed by atoms with Gasteiger partial charge in [-0.1, -0.05) is 12.2 Å². The van der Waals surface area contributed by atoms with E-state index in [4.69, 9.17) is 4.74 Å². The normalized spacial score (nSPS) is 15.0. The van der Waals surface area contributed by atoms with Gasteiger partial charge in [0.15, 0.2) is 11.8 Å². The number of hydrogen-bond donors (Lipinski definition) is 2. The van der Waals surface area contributed by atoms with Gasteiger partial charge < -0.3 is 19.9 Å². The number of rotatable bonds is 6. The molecule has 124 valence electrons. The Morgan fingerprint density at radius 1 is 1.41 bits per heavy atom. The highest BCUT2D eigenvalue weighted by Gasteiger charge is 2.12. The van der Waals surface area contributed by atoms with E-state index in [0.29, 0.717) is 19.2 Å². The molecule has 0 amide bonds. The van der Waals surface area contributed by atoms with Crippen LogP contribution in [-0.2, 0) is 18.3 Å². The van der Waals surface area contributed by atoms with Gasteiger partial charge in [-0.3, -0.25) is 0 Å². The first-order valence-electron chi connectivity index (χ1n) is 7.24. The first kappa shape index (κ1) is 18.9. The second-order valence-electron chi connectivity index (χ2n) is 5.09. The van der Waals surface area contributed by atoms with Crippen molar-refractivity contribution in [1.29, 1.82) is 0 Å². The molecule has 0 saturated heterocycles. The second-order valence-corrected chi connectivity index (χ2v) is 5.09. The monoisotopic (exact) mass is 420 g/mol. The standard InChI is InChI=1S/C14H24N6O.HI/c1-11-18-19-13(20(11)2)10-16-14(15-8-9-21-3)17-12-6-4-5-7-12;/h4-5,12H,6-10H2,1-3H3,(H2,15,16,17);1H. The van der Waals surface area contributed by atoms with E-state index in [1.807, 2.05) is 18.5 Å². The Hall–Kier alpha value is -1.16. The van der Waals surface area contributed by atoms with E-state index >= 15 is 0 Å². The fourth-order valence-corrected chi connectivity index (χ4v) is 2.09. The van der Waals surface area contributed by atoms with Crippen molar-refractivity contribution in [2.24, 2.45) is 12.0 Å². The lowest BCUT2D eigenvalue weighted by Gasteiger charge is -2.17. The van der Waals surface area contributed by atoms with Gasteiger partial charge in [0.1, 0.15) is 12.4 Å². The molecule has 1 heterocycles. The molecule has 0 aliphatic heterocycles. The Morgan fingerprint density at radius 3 is 2.73 bits per heavy atom. The predicted octanol–water partition coefficient (Wildman–Crippen LogP) is 1.14. The molecule has 0 unspecified atom stereocenters. The molecule has 0 fully saturated rings. The zero-order valence-electron chi connectivity index (χ0n) is 13.4. The molecule has 2 rings (SSSR count). The maximum atomic E-state index is 5.06. The lowest BCUT2D eigenvalue weighted by atomic mass is 10.2. The summed E-state index contributed by atoms with van der Waals surface area (Å²) in [6.45, 7) is 3.80. The van der Waals surface area contributed by atoms with Crippen molar-refractivity contribution in [2.45, 2.75) is 32.4 Å². The van der Waals surface area contributed by atoms with Crippen molar-refractivity contribution in [3.63, 3.8) is 0 Å². The smallest absolute Gasteiger partial charge is 0.192 e. The van der Waals surface area contributed by atoms with Crippen LogP contribution in [0.3, 0.4) is 0 Å². The predicted molar refractivity (Wildman–Crippen MR) is 97.5 cm³/mol. The molecule has 2 N–H and O–H groups in total. The average molecular weight is 420 g/mol. The third-order valence-electron chi connectivity index (χ3n) is 3.51. The molecule has 7 nitrogen and oxygen atoms in total. The van der Waals surface area contributed by atoms with Crippen LogP contribution in [0.2, 0.25) is 0 Å². The van der Waals surface area contributed by atoms with Crippen molar-refractivity contribution in [3.8, 4) is 0 Å². The number of methoxy groups -OCH3 is 1. The minimum atomic E-state index is 0. The Bertz CT molecular complexity index is 505. The van der Waals surface area contributed by atoms with Gasteiger partial charge in [0.2, 0.25) is 0 Å². The Kier molecular flexibility index (Phi) is 8.39. The van der Waals surface area contributed by atoms with Crippen LogP contribution >= 0.6 is 24.0 Å². The van der Waals surface area contributed by atoms with Gasteiger partial charge in [0, 0.05) is 26.7 Å². The van der Waals surface area contributed by atoms with Crippen LogP contribution in [0, 0.1) is 6.92 Å². The minimum absolute atomic E-state index is 0. The van der Waals surface area contributed by atoms with E-state index in [1.165, 1.54) is 0 Å². The first-order valence-corrected chi connectivity index (χ1v) is 7.24. The summed E-state index contributed by atoms with van der Waals surface area (Å²) >= 11 is 0. The molecule has 0 atom stereocenters. The van der Waals surface area contributed by atoms with E-state index in [0.717, 1.165) is 37.0 Å². The quantitative estimate of drug-likeness (QED) is 0.237. The van der Waals surface area contributed by atoms with E-state index < -0.39 is 0 Å². The third kappa shape index (κ3) is 5.56. The van der Waals surface area contributed by atoms with Crippen LogP contribution in [0.15, 0.2) is 17.1 Å². The van der Waals surface area contributed by atoms with Crippen LogP contribution in [0.5, 0.6) is 0 Å². The third-order valence-corrected chi connectivity index (χ3v) is 3.51. The number of aryl methyl sites for hydroxylation is 1. The van der Waals surface area contributed by atoms with Crippen molar-refractivity contribution in [3.05, 3.63) is 23.8 Å². The summed E-state index contributed by atoms with van der Waals surface area (Å²) in [7, 11) is 3.64. The SMILES string of the molecule is COCCNC(=NCc1nnc(C)n1C)NC1CC=CC1.I. The molecule has 0 spiro atoms. The number of halogens is 1. The van der Waals surface area contributed by atoms with Gasteiger partial charge in [-0.05, 0) is 19.8 Å². The molecule has 8 heteroatoms. The number of nitrogens with zero attached hydrogens (tertiary/aromatic N) is 4. The molecule has 1 aliphatic rings. The molecule has 22 heavy (non-hydrogen) atoms. The molecular weight excluding hydrogens is 395 g/mol. The number of guanidine groups is 1. The topological polar surface area (TPSA) is 76.4 Å². The Labute approximate surface area is 148 Å². The molecule has 1 aromatic rings. The Balaban J connectivity index is 0.00000242. The summed E-state index contributed by atoms with van der Waals surface area (Å²) in [5.41, 5.74) is 0. The molecule has 1 aliphatic carbocycles. The number of ether oxygens (including phenoxy) is 1.